The van der Waals surface area contributed by atoms with Crippen molar-refractivity contribution in [3.05, 3.63) is 0 Å². The van der Waals surface area contributed by atoms with Crippen LogP contribution in [0.1, 0.15) is 40.5 Å². The third kappa shape index (κ3) is 3.67. The van der Waals surface area contributed by atoms with Crippen molar-refractivity contribution in [3.8, 4) is 0 Å². The number of hydrogen-bond acceptors (Lipinski definition) is 5. The average molecular weight is 343 g/mol. The van der Waals surface area contributed by atoms with E-state index in [9.17, 15) is 14.7 Å². The van der Waals surface area contributed by atoms with Gasteiger partial charge in [-0.25, -0.2) is 0 Å². The molecule has 0 aliphatic carbocycles. The second-order valence-electron chi connectivity index (χ2n) is 7.63. The zero-order valence-electron chi connectivity index (χ0n) is 14.5. The van der Waals surface area contributed by atoms with Gasteiger partial charge in [-0.2, -0.15) is 0 Å². The van der Waals surface area contributed by atoms with Crippen LogP contribution < -0.4 is 5.73 Å². The molecule has 2 heterocycles. The molecule has 0 aromatic carbocycles. The number of likely N-dealkylation sites (tertiary alicyclic amines) is 1. The summed E-state index contributed by atoms with van der Waals surface area (Å²) >= 11 is 1.77. The van der Waals surface area contributed by atoms with Gasteiger partial charge >= 0.3 is 0 Å². The van der Waals surface area contributed by atoms with Gasteiger partial charge in [0, 0.05) is 24.3 Å². The summed E-state index contributed by atoms with van der Waals surface area (Å²) in [5.74, 6) is 0.804. The molecule has 0 aromatic heterocycles. The SMILES string of the molecule is CC(O)C(N)C(=O)N1CCCC2(C1)SCCN2C(=O)C(C)(C)C. The number of carbonyl (C=O) groups is 2. The molecule has 0 bridgehead atoms. The number of nitrogens with two attached hydrogens (primary N) is 1. The standard InChI is InChI=1S/C16H29N3O3S/c1-11(20)12(17)13(21)18-7-5-6-16(10-18)19(8-9-23-16)14(22)15(2,3)4/h11-12,20H,5-10,17H2,1-4H3. The monoisotopic (exact) mass is 343 g/mol. The van der Waals surface area contributed by atoms with Gasteiger partial charge in [0.05, 0.1) is 12.6 Å². The number of carbonyl (C=O) groups excluding carboxylic acids is 2. The zero-order chi connectivity index (χ0) is 17.4. The predicted octanol–water partition coefficient (Wildman–Crippen LogP) is 0.635. The Bertz CT molecular complexity index is 478. The number of amides is 2. The summed E-state index contributed by atoms with van der Waals surface area (Å²) in [5, 5.41) is 9.58. The van der Waals surface area contributed by atoms with Crippen LogP contribution in [0.25, 0.3) is 0 Å². The van der Waals surface area contributed by atoms with E-state index in [1.165, 1.54) is 6.92 Å². The van der Waals surface area contributed by atoms with Gasteiger partial charge in [-0.05, 0) is 19.8 Å². The number of thioether (sulfide) groups is 1. The lowest BCUT2D eigenvalue weighted by atomic mass is 9.92. The summed E-state index contributed by atoms with van der Waals surface area (Å²) in [6.45, 7) is 9.19. The molecule has 3 unspecified atom stereocenters. The van der Waals surface area contributed by atoms with Crippen LogP contribution in [-0.2, 0) is 9.59 Å². The lowest BCUT2D eigenvalue weighted by molar-refractivity contribution is -0.147. The van der Waals surface area contributed by atoms with Crippen molar-refractivity contribution in [3.63, 3.8) is 0 Å². The fourth-order valence-corrected chi connectivity index (χ4v) is 4.77. The highest BCUT2D eigenvalue weighted by Gasteiger charge is 2.50. The van der Waals surface area contributed by atoms with E-state index in [1.54, 1.807) is 16.7 Å². The molecule has 0 aromatic rings. The van der Waals surface area contributed by atoms with Crippen LogP contribution in [0.2, 0.25) is 0 Å². The molecule has 0 saturated carbocycles. The van der Waals surface area contributed by atoms with Gasteiger partial charge in [0.15, 0.2) is 0 Å². The average Bonchev–Trinajstić information content (AvgIpc) is 2.86. The van der Waals surface area contributed by atoms with E-state index >= 15 is 0 Å². The minimum Gasteiger partial charge on any atom is -0.391 e. The third-order valence-electron chi connectivity index (χ3n) is 4.61. The number of rotatable bonds is 2. The normalized spacial score (nSPS) is 28.1. The Balaban J connectivity index is 2.18. The van der Waals surface area contributed by atoms with E-state index in [0.717, 1.165) is 25.1 Å². The highest BCUT2D eigenvalue weighted by atomic mass is 32.2. The lowest BCUT2D eigenvalue weighted by Gasteiger charge is -2.47. The van der Waals surface area contributed by atoms with Crippen molar-refractivity contribution in [1.29, 1.82) is 0 Å². The number of nitrogens with zero attached hydrogens (tertiary/aromatic N) is 2. The van der Waals surface area contributed by atoms with E-state index in [0.29, 0.717) is 13.1 Å². The fourth-order valence-electron chi connectivity index (χ4n) is 3.25. The maximum absolute atomic E-state index is 12.8. The molecule has 2 amide bonds. The summed E-state index contributed by atoms with van der Waals surface area (Å²) in [6, 6.07) is -0.900. The van der Waals surface area contributed by atoms with E-state index in [-0.39, 0.29) is 16.7 Å². The van der Waals surface area contributed by atoms with Crippen molar-refractivity contribution in [1.82, 2.24) is 9.80 Å². The van der Waals surface area contributed by atoms with Gasteiger partial charge in [0.25, 0.3) is 0 Å². The third-order valence-corrected chi connectivity index (χ3v) is 6.09. The molecule has 2 saturated heterocycles. The van der Waals surface area contributed by atoms with Crippen LogP contribution in [0.5, 0.6) is 0 Å². The largest absolute Gasteiger partial charge is 0.391 e. The number of piperidine rings is 1. The molecule has 3 N–H and O–H groups in total. The lowest BCUT2D eigenvalue weighted by Crippen LogP contribution is -2.61. The molecule has 1 spiro atoms. The smallest absolute Gasteiger partial charge is 0.242 e. The Morgan fingerprint density at radius 3 is 2.52 bits per heavy atom. The van der Waals surface area contributed by atoms with E-state index in [1.807, 2.05) is 25.7 Å². The number of hydrogen-bond donors (Lipinski definition) is 2. The Labute approximate surface area is 142 Å². The Hall–Kier alpha value is -0.790. The number of aliphatic hydroxyl groups excluding tert-OH is 1. The number of aliphatic hydroxyl groups is 1. The minimum atomic E-state index is -0.900. The second-order valence-corrected chi connectivity index (χ2v) is 9.09. The first-order valence-corrected chi connectivity index (χ1v) is 9.25. The van der Waals surface area contributed by atoms with E-state index in [4.69, 9.17) is 5.73 Å². The van der Waals surface area contributed by atoms with E-state index < -0.39 is 17.6 Å². The topological polar surface area (TPSA) is 86.9 Å². The van der Waals surface area contributed by atoms with Gasteiger partial charge in [-0.15, -0.1) is 11.8 Å². The highest BCUT2D eigenvalue weighted by Crippen LogP contribution is 2.44. The molecule has 2 rings (SSSR count). The maximum Gasteiger partial charge on any atom is 0.242 e. The van der Waals surface area contributed by atoms with Crippen molar-refractivity contribution in [2.75, 3.05) is 25.4 Å². The molecule has 6 nitrogen and oxygen atoms in total. The van der Waals surface area contributed by atoms with Gasteiger partial charge in [-0.3, -0.25) is 9.59 Å². The van der Waals surface area contributed by atoms with Crippen molar-refractivity contribution in [2.45, 2.75) is 57.6 Å². The van der Waals surface area contributed by atoms with Crippen LogP contribution in [0.15, 0.2) is 0 Å². The molecule has 7 heteroatoms. The highest BCUT2D eigenvalue weighted by molar-refractivity contribution is 8.00. The molecule has 3 atom stereocenters. The molecular formula is C16H29N3O3S. The summed E-state index contributed by atoms with van der Waals surface area (Å²) in [4.78, 5) is 28.6. The first kappa shape index (κ1) is 18.5. The molecule has 2 fully saturated rings. The fraction of sp³-hybridized carbons (Fsp3) is 0.875. The summed E-state index contributed by atoms with van der Waals surface area (Å²) < 4.78 is 0. The van der Waals surface area contributed by atoms with Crippen LogP contribution in [-0.4, -0.2) is 69.1 Å². The Morgan fingerprint density at radius 2 is 1.96 bits per heavy atom. The molecule has 23 heavy (non-hydrogen) atoms. The maximum atomic E-state index is 12.8. The summed E-state index contributed by atoms with van der Waals surface area (Å²) in [7, 11) is 0. The van der Waals surface area contributed by atoms with Crippen LogP contribution >= 0.6 is 11.8 Å². The quantitative estimate of drug-likeness (QED) is 0.768. The van der Waals surface area contributed by atoms with Gasteiger partial charge in [0.1, 0.15) is 10.9 Å². The van der Waals surface area contributed by atoms with E-state index in [2.05, 4.69) is 0 Å². The molecule has 0 radical (unpaired) electrons. The molecular weight excluding hydrogens is 314 g/mol. The first-order valence-electron chi connectivity index (χ1n) is 8.27. The van der Waals surface area contributed by atoms with Crippen molar-refractivity contribution in [2.24, 2.45) is 11.1 Å². The second kappa shape index (κ2) is 6.61. The first-order chi connectivity index (χ1) is 10.6. The minimum absolute atomic E-state index is 0.136. The van der Waals surface area contributed by atoms with Gasteiger partial charge in [0.2, 0.25) is 11.8 Å². The summed E-state index contributed by atoms with van der Waals surface area (Å²) in [6.07, 6.45) is 0.871. The van der Waals surface area contributed by atoms with Crippen molar-refractivity contribution >= 4 is 23.6 Å². The van der Waals surface area contributed by atoms with Gasteiger partial charge in [-0.1, -0.05) is 20.8 Å². The Morgan fingerprint density at radius 1 is 1.30 bits per heavy atom. The molecule has 132 valence electrons. The molecule has 2 aliphatic heterocycles. The summed E-state index contributed by atoms with van der Waals surface area (Å²) in [5.41, 5.74) is 5.38. The Kier molecular flexibility index (Phi) is 5.33. The van der Waals surface area contributed by atoms with Gasteiger partial charge < -0.3 is 20.6 Å². The predicted molar refractivity (Wildman–Crippen MR) is 91.8 cm³/mol. The molecule has 2 aliphatic rings. The van der Waals surface area contributed by atoms with Crippen LogP contribution in [0, 0.1) is 5.41 Å². The van der Waals surface area contributed by atoms with Crippen LogP contribution in [0.4, 0.5) is 0 Å². The van der Waals surface area contributed by atoms with Crippen LogP contribution in [0.3, 0.4) is 0 Å². The zero-order valence-corrected chi connectivity index (χ0v) is 15.4. The van der Waals surface area contributed by atoms with Crippen molar-refractivity contribution < 1.29 is 14.7 Å².